The molecule has 1 aliphatic heterocycles. The number of ether oxygens (including phenoxy) is 1. The minimum absolute atomic E-state index is 0.103. The molecule has 0 saturated heterocycles. The van der Waals surface area contributed by atoms with Crippen molar-refractivity contribution in [3.05, 3.63) is 84.1 Å². The molecule has 34 heavy (non-hydrogen) atoms. The molecule has 2 aromatic heterocycles. The van der Waals surface area contributed by atoms with Crippen molar-refractivity contribution in [3.8, 4) is 17.3 Å². The van der Waals surface area contributed by atoms with E-state index in [1.54, 1.807) is 24.3 Å². The van der Waals surface area contributed by atoms with Crippen molar-refractivity contribution >= 4 is 23.4 Å². The number of carbonyl (C=O) groups is 1. The lowest BCUT2D eigenvalue weighted by Gasteiger charge is -2.22. The van der Waals surface area contributed by atoms with Gasteiger partial charge in [0.2, 0.25) is 11.0 Å². The minimum Gasteiger partial charge on any atom is -0.497 e. The number of nitrogen functional groups attached to an aromatic ring is 1. The van der Waals surface area contributed by atoms with Crippen molar-refractivity contribution in [1.29, 1.82) is 0 Å². The molecule has 5 rings (SSSR count). The first kappa shape index (κ1) is 21.8. The van der Waals surface area contributed by atoms with Crippen LogP contribution in [0.2, 0.25) is 0 Å². The Hall–Kier alpha value is -4.05. The highest BCUT2D eigenvalue weighted by Gasteiger charge is 2.33. The molecule has 172 valence electrons. The first-order valence-electron chi connectivity index (χ1n) is 10.6. The lowest BCUT2D eigenvalue weighted by molar-refractivity contribution is -0.130. The minimum atomic E-state index is -0.219. The molecule has 10 heteroatoms. The van der Waals surface area contributed by atoms with Crippen LogP contribution in [0.25, 0.3) is 11.6 Å². The van der Waals surface area contributed by atoms with Crippen molar-refractivity contribution in [2.24, 2.45) is 5.10 Å². The summed E-state index contributed by atoms with van der Waals surface area (Å²) in [6, 6.07) is 20.9. The smallest absolute Gasteiger partial charge is 0.253 e. The number of furan rings is 1. The van der Waals surface area contributed by atoms with Gasteiger partial charge in [-0.3, -0.25) is 4.79 Å². The molecule has 0 fully saturated rings. The molecule has 1 aliphatic rings. The number of thioether (sulfide) groups is 1. The highest BCUT2D eigenvalue weighted by molar-refractivity contribution is 7.99. The van der Waals surface area contributed by atoms with Crippen LogP contribution in [0.4, 0.5) is 0 Å². The lowest BCUT2D eigenvalue weighted by atomic mass is 9.98. The van der Waals surface area contributed by atoms with Gasteiger partial charge in [0.05, 0.1) is 30.9 Å². The molecular weight excluding hydrogens is 452 g/mol. The molecule has 0 bridgehead atoms. The number of hydrogen-bond acceptors (Lipinski definition) is 8. The third kappa shape index (κ3) is 4.27. The van der Waals surface area contributed by atoms with E-state index in [1.807, 2.05) is 54.6 Å². The molecule has 1 atom stereocenters. The number of carbonyl (C=O) groups excluding carboxylic acids is 1. The van der Waals surface area contributed by atoms with Crippen molar-refractivity contribution in [1.82, 2.24) is 19.9 Å². The molecular formula is C24H22N6O3S. The van der Waals surface area contributed by atoms with Gasteiger partial charge in [-0.2, -0.15) is 5.10 Å². The Morgan fingerprint density at radius 1 is 1.12 bits per heavy atom. The van der Waals surface area contributed by atoms with Crippen LogP contribution in [0.3, 0.4) is 0 Å². The van der Waals surface area contributed by atoms with Gasteiger partial charge in [0.25, 0.3) is 5.91 Å². The highest BCUT2D eigenvalue weighted by Crippen LogP contribution is 2.34. The summed E-state index contributed by atoms with van der Waals surface area (Å²) in [7, 11) is 1.63. The summed E-state index contributed by atoms with van der Waals surface area (Å²) in [5, 5.41) is 14.8. The summed E-state index contributed by atoms with van der Waals surface area (Å²) in [4.78, 5) is 13.3. The van der Waals surface area contributed by atoms with Gasteiger partial charge in [0, 0.05) is 6.42 Å². The summed E-state index contributed by atoms with van der Waals surface area (Å²) >= 11 is 1.20. The van der Waals surface area contributed by atoms with Crippen molar-refractivity contribution in [3.63, 3.8) is 0 Å². The maximum absolute atomic E-state index is 13.3. The van der Waals surface area contributed by atoms with Crippen LogP contribution < -0.4 is 10.6 Å². The molecule has 0 radical (unpaired) electrons. The van der Waals surface area contributed by atoms with Gasteiger partial charge in [0.15, 0.2) is 5.76 Å². The monoisotopic (exact) mass is 474 g/mol. The van der Waals surface area contributed by atoms with Gasteiger partial charge in [0.1, 0.15) is 5.75 Å². The second-order valence-electron chi connectivity index (χ2n) is 7.59. The highest BCUT2D eigenvalue weighted by atomic mass is 32.2. The number of benzene rings is 2. The largest absolute Gasteiger partial charge is 0.497 e. The summed E-state index contributed by atoms with van der Waals surface area (Å²) < 4.78 is 11.9. The van der Waals surface area contributed by atoms with Crippen LogP contribution in [0, 0.1) is 0 Å². The predicted octanol–water partition coefficient (Wildman–Crippen LogP) is 3.73. The third-order valence-electron chi connectivity index (χ3n) is 5.50. The molecule has 0 saturated carbocycles. The molecule has 0 spiro atoms. The summed E-state index contributed by atoms with van der Waals surface area (Å²) in [6.07, 6.45) is 2.15. The Morgan fingerprint density at radius 2 is 1.91 bits per heavy atom. The number of nitrogens with zero attached hydrogens (tertiary/aromatic N) is 5. The number of rotatable bonds is 7. The van der Waals surface area contributed by atoms with Gasteiger partial charge < -0.3 is 15.0 Å². The van der Waals surface area contributed by atoms with Gasteiger partial charge in [-0.25, -0.2) is 9.69 Å². The average molecular weight is 475 g/mol. The maximum Gasteiger partial charge on any atom is 0.253 e. The molecule has 1 amide bonds. The molecule has 4 aromatic rings. The average Bonchev–Trinajstić information content (AvgIpc) is 3.63. The van der Waals surface area contributed by atoms with E-state index < -0.39 is 0 Å². The molecule has 3 heterocycles. The van der Waals surface area contributed by atoms with E-state index in [9.17, 15) is 4.79 Å². The Kier molecular flexibility index (Phi) is 6.05. The van der Waals surface area contributed by atoms with E-state index in [2.05, 4.69) is 10.2 Å². The maximum atomic E-state index is 13.3. The van der Waals surface area contributed by atoms with Crippen LogP contribution in [0.1, 0.15) is 23.6 Å². The summed E-state index contributed by atoms with van der Waals surface area (Å²) in [5.74, 6) is 7.73. The zero-order chi connectivity index (χ0) is 23.5. The van der Waals surface area contributed by atoms with E-state index in [0.717, 1.165) is 22.6 Å². The molecule has 2 N–H and O–H groups in total. The topological polar surface area (TPSA) is 112 Å². The Balaban J connectivity index is 1.37. The second-order valence-corrected chi connectivity index (χ2v) is 8.53. The predicted molar refractivity (Wildman–Crippen MR) is 129 cm³/mol. The zero-order valence-corrected chi connectivity index (χ0v) is 19.2. The zero-order valence-electron chi connectivity index (χ0n) is 18.4. The van der Waals surface area contributed by atoms with E-state index in [4.69, 9.17) is 20.1 Å². The van der Waals surface area contributed by atoms with Gasteiger partial charge >= 0.3 is 0 Å². The molecule has 2 aromatic carbocycles. The van der Waals surface area contributed by atoms with Crippen molar-refractivity contribution in [2.75, 3.05) is 18.7 Å². The number of hydrogen-bond donors (Lipinski definition) is 1. The van der Waals surface area contributed by atoms with Crippen molar-refractivity contribution < 1.29 is 13.9 Å². The number of hydrazone groups is 1. The van der Waals surface area contributed by atoms with Crippen LogP contribution in [-0.4, -0.2) is 44.4 Å². The van der Waals surface area contributed by atoms with Crippen LogP contribution in [0.15, 0.2) is 87.7 Å². The quantitative estimate of drug-likeness (QED) is 0.321. The van der Waals surface area contributed by atoms with E-state index in [1.165, 1.54) is 22.7 Å². The van der Waals surface area contributed by atoms with Crippen LogP contribution in [-0.2, 0) is 4.79 Å². The normalized spacial score (nSPS) is 15.4. The van der Waals surface area contributed by atoms with Gasteiger partial charge in [-0.1, -0.05) is 54.2 Å². The molecule has 0 unspecified atom stereocenters. The fourth-order valence-corrected chi connectivity index (χ4v) is 4.48. The lowest BCUT2D eigenvalue weighted by Crippen LogP contribution is -2.28. The second kappa shape index (κ2) is 9.44. The SMILES string of the molecule is COc1ccc([C@H]2CC(c3ccccc3)=NN2C(=O)CSc2nnc(-c3ccco3)n2N)cc1. The first-order valence-corrected chi connectivity index (χ1v) is 11.6. The Bertz CT molecular complexity index is 1300. The van der Waals surface area contributed by atoms with E-state index >= 15 is 0 Å². The van der Waals surface area contributed by atoms with E-state index in [-0.39, 0.29) is 17.7 Å². The number of aromatic nitrogens is 3. The van der Waals surface area contributed by atoms with Crippen molar-refractivity contribution in [2.45, 2.75) is 17.6 Å². The van der Waals surface area contributed by atoms with Crippen LogP contribution in [0.5, 0.6) is 5.75 Å². The summed E-state index contributed by atoms with van der Waals surface area (Å²) in [6.45, 7) is 0. The molecule has 0 aliphatic carbocycles. The number of nitrogens with two attached hydrogens (primary N) is 1. The van der Waals surface area contributed by atoms with Gasteiger partial charge in [-0.15, -0.1) is 10.2 Å². The fraction of sp³-hybridized carbons (Fsp3) is 0.167. The first-order chi connectivity index (χ1) is 16.6. The fourth-order valence-electron chi connectivity index (χ4n) is 3.77. The van der Waals surface area contributed by atoms with Crippen LogP contribution >= 0.6 is 11.8 Å². The Morgan fingerprint density at radius 3 is 2.62 bits per heavy atom. The third-order valence-corrected chi connectivity index (χ3v) is 6.43. The van der Waals surface area contributed by atoms with Gasteiger partial charge in [-0.05, 0) is 35.4 Å². The van der Waals surface area contributed by atoms with E-state index in [0.29, 0.717) is 23.2 Å². The number of amides is 1. The Labute approximate surface area is 200 Å². The summed E-state index contributed by atoms with van der Waals surface area (Å²) in [5.41, 5.74) is 2.84. The number of methoxy groups -OCH3 is 1. The molecule has 9 nitrogen and oxygen atoms in total. The standard InChI is InChI=1S/C24H22N6O3S/c1-32-18-11-9-17(10-12-18)20-14-19(16-6-3-2-4-7-16)28-30(20)22(31)15-34-24-27-26-23(29(24)25)21-8-5-13-33-21/h2-13,20H,14-15,25H2,1H3/t20-/m1/s1.